The first-order valence-corrected chi connectivity index (χ1v) is 5.48. The van der Waals surface area contributed by atoms with Gasteiger partial charge in [-0.25, -0.2) is 4.79 Å². The molecule has 0 aliphatic rings. The first-order valence-electron chi connectivity index (χ1n) is 4.68. The molecule has 0 heterocycles. The van der Waals surface area contributed by atoms with Gasteiger partial charge in [-0.15, -0.1) is 12.4 Å². The second-order valence-electron chi connectivity index (χ2n) is 3.38. The Morgan fingerprint density at radius 2 is 2.06 bits per heavy atom. The Hall–Kier alpha value is -0.820. The maximum atomic E-state index is 10.9. The van der Waals surface area contributed by atoms with Gasteiger partial charge in [0, 0.05) is 16.1 Å². The first kappa shape index (κ1) is 16.2. The number of carboxylic acids is 1. The minimum atomic E-state index is -1.19. The summed E-state index contributed by atoms with van der Waals surface area (Å²) in [7, 11) is 0. The topological polar surface area (TPSA) is 110 Å². The fourth-order valence-electron chi connectivity index (χ4n) is 1.40. The standard InChI is InChI=1S/C10H13BrN2O3.ClH/c11-5-3-6(8(13)1-2-12)9(14)7(4-5)10(15)16;/h3-4,8,14H,1-2,12-13H2,(H,15,16);1H/t8-;/m0./s1. The number of hydrogen-bond donors (Lipinski definition) is 4. The van der Waals surface area contributed by atoms with Gasteiger partial charge in [-0.05, 0) is 25.1 Å². The molecule has 0 fully saturated rings. The number of aromatic carboxylic acids is 1. The molecule has 0 saturated carbocycles. The third kappa shape index (κ3) is 3.85. The Morgan fingerprint density at radius 3 is 2.53 bits per heavy atom. The monoisotopic (exact) mass is 324 g/mol. The second-order valence-corrected chi connectivity index (χ2v) is 4.30. The molecule has 0 spiro atoms. The lowest BCUT2D eigenvalue weighted by Crippen LogP contribution is -2.16. The van der Waals surface area contributed by atoms with Crippen LogP contribution in [0.1, 0.15) is 28.4 Å². The molecule has 0 unspecified atom stereocenters. The average Bonchev–Trinajstić information content (AvgIpc) is 2.20. The molecular weight excluding hydrogens is 311 g/mol. The molecule has 5 nitrogen and oxygen atoms in total. The van der Waals surface area contributed by atoms with Crippen LogP contribution in [0.2, 0.25) is 0 Å². The van der Waals surface area contributed by atoms with Crippen LogP contribution in [-0.4, -0.2) is 22.7 Å². The predicted molar refractivity (Wildman–Crippen MR) is 70.6 cm³/mol. The van der Waals surface area contributed by atoms with Crippen LogP contribution < -0.4 is 11.5 Å². The summed E-state index contributed by atoms with van der Waals surface area (Å²) in [5.74, 6) is -1.49. The summed E-state index contributed by atoms with van der Waals surface area (Å²) in [4.78, 5) is 10.9. The van der Waals surface area contributed by atoms with Gasteiger partial charge in [-0.3, -0.25) is 0 Å². The highest BCUT2D eigenvalue weighted by Crippen LogP contribution is 2.31. The zero-order valence-corrected chi connectivity index (χ0v) is 11.3. The number of benzene rings is 1. The number of carboxylic acid groups (broad SMARTS) is 1. The van der Waals surface area contributed by atoms with Gasteiger partial charge in [0.15, 0.2) is 0 Å². The van der Waals surface area contributed by atoms with Gasteiger partial charge in [0.25, 0.3) is 0 Å². The summed E-state index contributed by atoms with van der Waals surface area (Å²) in [6, 6.07) is 2.46. The summed E-state index contributed by atoms with van der Waals surface area (Å²) in [5, 5.41) is 18.6. The van der Waals surface area contributed by atoms with Crippen molar-refractivity contribution in [3.05, 3.63) is 27.7 Å². The molecule has 6 N–H and O–H groups in total. The van der Waals surface area contributed by atoms with Crippen molar-refractivity contribution in [2.45, 2.75) is 12.5 Å². The Labute approximate surface area is 113 Å². The minimum absolute atomic E-state index is 0. The fraction of sp³-hybridized carbons (Fsp3) is 0.300. The summed E-state index contributed by atoms with van der Waals surface area (Å²) >= 11 is 3.17. The molecule has 0 radical (unpaired) electrons. The van der Waals surface area contributed by atoms with Crippen LogP contribution in [0.5, 0.6) is 5.75 Å². The third-order valence-electron chi connectivity index (χ3n) is 2.21. The Kier molecular flexibility index (Phi) is 6.48. The fourth-order valence-corrected chi connectivity index (χ4v) is 1.88. The molecule has 0 amide bonds. The van der Waals surface area contributed by atoms with Crippen molar-refractivity contribution in [3.63, 3.8) is 0 Å². The van der Waals surface area contributed by atoms with Crippen molar-refractivity contribution in [3.8, 4) is 5.75 Å². The van der Waals surface area contributed by atoms with E-state index in [0.717, 1.165) is 0 Å². The van der Waals surface area contributed by atoms with E-state index in [-0.39, 0.29) is 23.7 Å². The lowest BCUT2D eigenvalue weighted by molar-refractivity contribution is 0.0693. The predicted octanol–water partition coefficient (Wildman–Crippen LogP) is 1.62. The Morgan fingerprint density at radius 1 is 1.47 bits per heavy atom. The highest BCUT2D eigenvalue weighted by Gasteiger charge is 2.18. The number of rotatable bonds is 4. The molecule has 1 rings (SSSR count). The van der Waals surface area contributed by atoms with Crippen LogP contribution in [-0.2, 0) is 0 Å². The van der Waals surface area contributed by atoms with Gasteiger partial charge < -0.3 is 21.7 Å². The quantitative estimate of drug-likeness (QED) is 0.672. The van der Waals surface area contributed by atoms with Crippen LogP contribution in [0.25, 0.3) is 0 Å². The Bertz CT molecular complexity index is 415. The van der Waals surface area contributed by atoms with Crippen molar-refractivity contribution < 1.29 is 15.0 Å². The molecule has 1 atom stereocenters. The second kappa shape index (κ2) is 6.80. The van der Waals surface area contributed by atoms with Crippen molar-refractivity contribution in [1.29, 1.82) is 0 Å². The van der Waals surface area contributed by atoms with Gasteiger partial charge >= 0.3 is 5.97 Å². The van der Waals surface area contributed by atoms with E-state index in [2.05, 4.69) is 15.9 Å². The largest absolute Gasteiger partial charge is 0.507 e. The van der Waals surface area contributed by atoms with E-state index < -0.39 is 12.0 Å². The molecule has 0 bridgehead atoms. The van der Waals surface area contributed by atoms with Crippen molar-refractivity contribution in [2.24, 2.45) is 11.5 Å². The van der Waals surface area contributed by atoms with Gasteiger partial charge in [0.1, 0.15) is 11.3 Å². The minimum Gasteiger partial charge on any atom is -0.507 e. The third-order valence-corrected chi connectivity index (χ3v) is 2.67. The highest BCUT2D eigenvalue weighted by molar-refractivity contribution is 9.10. The van der Waals surface area contributed by atoms with E-state index in [1.54, 1.807) is 6.07 Å². The molecule has 0 saturated heterocycles. The van der Waals surface area contributed by atoms with Crippen LogP contribution in [0.15, 0.2) is 16.6 Å². The van der Waals surface area contributed by atoms with Crippen LogP contribution >= 0.6 is 28.3 Å². The van der Waals surface area contributed by atoms with Crippen molar-refractivity contribution in [1.82, 2.24) is 0 Å². The van der Waals surface area contributed by atoms with E-state index in [1.807, 2.05) is 0 Å². The van der Waals surface area contributed by atoms with Gasteiger partial charge in [0.05, 0.1) is 0 Å². The zero-order chi connectivity index (χ0) is 12.3. The van der Waals surface area contributed by atoms with Gasteiger partial charge in [-0.2, -0.15) is 0 Å². The number of halogens is 2. The van der Waals surface area contributed by atoms with Gasteiger partial charge in [-0.1, -0.05) is 15.9 Å². The molecule has 1 aromatic rings. The summed E-state index contributed by atoms with van der Waals surface area (Å²) in [6.07, 6.45) is 0.475. The first-order chi connectivity index (χ1) is 7.47. The summed E-state index contributed by atoms with van der Waals surface area (Å²) < 4.78 is 0.560. The average molecular weight is 326 g/mol. The lowest BCUT2D eigenvalue weighted by atomic mass is 10.0. The molecule has 96 valence electrons. The maximum absolute atomic E-state index is 10.9. The van der Waals surface area contributed by atoms with E-state index >= 15 is 0 Å². The highest BCUT2D eigenvalue weighted by atomic mass is 79.9. The smallest absolute Gasteiger partial charge is 0.339 e. The number of hydrogen-bond acceptors (Lipinski definition) is 4. The van der Waals surface area contributed by atoms with Crippen LogP contribution in [0, 0.1) is 0 Å². The number of carbonyl (C=O) groups is 1. The normalized spacial score (nSPS) is 11.7. The molecule has 1 aromatic carbocycles. The van der Waals surface area contributed by atoms with Crippen LogP contribution in [0.4, 0.5) is 0 Å². The Balaban J connectivity index is 0.00000256. The summed E-state index contributed by atoms with van der Waals surface area (Å²) in [5.41, 5.74) is 11.4. The van der Waals surface area contributed by atoms with Crippen LogP contribution in [0.3, 0.4) is 0 Å². The van der Waals surface area contributed by atoms with Crippen molar-refractivity contribution in [2.75, 3.05) is 6.54 Å². The van der Waals surface area contributed by atoms with E-state index in [0.29, 0.717) is 23.0 Å². The maximum Gasteiger partial charge on any atom is 0.339 e. The molecular formula is C10H14BrClN2O3. The van der Waals surface area contributed by atoms with E-state index in [9.17, 15) is 9.90 Å². The van der Waals surface area contributed by atoms with E-state index in [4.69, 9.17) is 16.6 Å². The zero-order valence-electron chi connectivity index (χ0n) is 8.89. The number of aromatic hydroxyl groups is 1. The number of phenols is 1. The molecule has 7 heteroatoms. The van der Waals surface area contributed by atoms with Crippen molar-refractivity contribution >= 4 is 34.3 Å². The molecule has 0 aromatic heterocycles. The summed E-state index contributed by atoms with van der Waals surface area (Å²) in [6.45, 7) is 0.371. The molecule has 17 heavy (non-hydrogen) atoms. The van der Waals surface area contributed by atoms with E-state index in [1.165, 1.54) is 6.07 Å². The lowest BCUT2D eigenvalue weighted by Gasteiger charge is -2.14. The SMILES string of the molecule is Cl.NCC[C@H](N)c1cc(Br)cc(C(=O)O)c1O. The molecule has 0 aliphatic carbocycles. The van der Waals surface area contributed by atoms with Gasteiger partial charge in [0.2, 0.25) is 0 Å². The molecule has 0 aliphatic heterocycles. The number of nitrogens with two attached hydrogens (primary N) is 2.